The number of rotatable bonds is 2. The van der Waals surface area contributed by atoms with E-state index in [1.807, 2.05) is 0 Å². The largest absolute Gasteiger partial charge is 0.322 e. The van der Waals surface area contributed by atoms with Crippen LogP contribution in [0.15, 0.2) is 48.9 Å². The number of nitrogens with zero attached hydrogens (tertiary/aromatic N) is 3. The summed E-state index contributed by atoms with van der Waals surface area (Å²) in [5.74, 6) is -0.196. The van der Waals surface area contributed by atoms with E-state index in [-0.39, 0.29) is 5.91 Å². The Labute approximate surface area is 113 Å². The maximum absolute atomic E-state index is 12.1. The van der Waals surface area contributed by atoms with Gasteiger partial charge < -0.3 is 5.32 Å². The van der Waals surface area contributed by atoms with Crippen molar-refractivity contribution in [2.75, 3.05) is 5.32 Å². The SMILES string of the molecule is O=C(Nc1ccc(Cl)cc1)c1ccc2nncn2c1. The zero-order chi connectivity index (χ0) is 13.2. The minimum Gasteiger partial charge on any atom is -0.322 e. The molecule has 1 aromatic carbocycles. The van der Waals surface area contributed by atoms with E-state index in [9.17, 15) is 4.79 Å². The number of hydrogen-bond acceptors (Lipinski definition) is 3. The maximum Gasteiger partial charge on any atom is 0.257 e. The van der Waals surface area contributed by atoms with Crippen LogP contribution in [0.1, 0.15) is 10.4 Å². The molecule has 94 valence electrons. The Morgan fingerprint density at radius 2 is 1.95 bits per heavy atom. The van der Waals surface area contributed by atoms with Gasteiger partial charge in [0.15, 0.2) is 5.65 Å². The summed E-state index contributed by atoms with van der Waals surface area (Å²) in [6, 6.07) is 10.4. The number of aromatic nitrogens is 3. The van der Waals surface area contributed by atoms with Crippen LogP contribution < -0.4 is 5.32 Å². The molecule has 0 radical (unpaired) electrons. The van der Waals surface area contributed by atoms with Gasteiger partial charge in [-0.2, -0.15) is 0 Å². The van der Waals surface area contributed by atoms with Crippen LogP contribution in [0.3, 0.4) is 0 Å². The summed E-state index contributed by atoms with van der Waals surface area (Å²) in [4.78, 5) is 12.1. The molecular weight excluding hydrogens is 264 g/mol. The van der Waals surface area contributed by atoms with Gasteiger partial charge in [0.25, 0.3) is 5.91 Å². The second-order valence-corrected chi connectivity index (χ2v) is 4.41. The lowest BCUT2D eigenvalue weighted by atomic mass is 10.2. The molecule has 5 nitrogen and oxygen atoms in total. The first-order chi connectivity index (χ1) is 9.22. The summed E-state index contributed by atoms with van der Waals surface area (Å²) in [6.45, 7) is 0. The number of nitrogens with one attached hydrogen (secondary N) is 1. The Morgan fingerprint density at radius 3 is 2.74 bits per heavy atom. The van der Waals surface area contributed by atoms with Crippen molar-refractivity contribution in [1.29, 1.82) is 0 Å². The van der Waals surface area contributed by atoms with E-state index in [1.54, 1.807) is 53.3 Å². The number of anilines is 1. The molecule has 0 aliphatic heterocycles. The van der Waals surface area contributed by atoms with E-state index >= 15 is 0 Å². The van der Waals surface area contributed by atoms with Crippen LogP contribution in [-0.4, -0.2) is 20.5 Å². The fraction of sp³-hybridized carbons (Fsp3) is 0. The van der Waals surface area contributed by atoms with Gasteiger partial charge in [0.1, 0.15) is 6.33 Å². The van der Waals surface area contributed by atoms with Crippen LogP contribution in [0.2, 0.25) is 5.02 Å². The summed E-state index contributed by atoms with van der Waals surface area (Å²) < 4.78 is 1.69. The summed E-state index contributed by atoms with van der Waals surface area (Å²) in [6.07, 6.45) is 3.23. The van der Waals surface area contributed by atoms with Crippen molar-refractivity contribution < 1.29 is 4.79 Å². The predicted molar refractivity (Wildman–Crippen MR) is 72.4 cm³/mol. The Kier molecular flexibility index (Phi) is 2.89. The number of carbonyl (C=O) groups is 1. The third kappa shape index (κ3) is 2.41. The van der Waals surface area contributed by atoms with Crippen LogP contribution >= 0.6 is 11.6 Å². The maximum atomic E-state index is 12.1. The lowest BCUT2D eigenvalue weighted by Gasteiger charge is -2.05. The fourth-order valence-corrected chi connectivity index (χ4v) is 1.82. The molecule has 6 heteroatoms. The van der Waals surface area contributed by atoms with Crippen molar-refractivity contribution >= 4 is 28.8 Å². The van der Waals surface area contributed by atoms with Gasteiger partial charge in [0.05, 0.1) is 5.56 Å². The van der Waals surface area contributed by atoms with Crippen LogP contribution in [0.5, 0.6) is 0 Å². The summed E-state index contributed by atoms with van der Waals surface area (Å²) in [5, 5.41) is 11.1. The number of carbonyl (C=O) groups excluding carboxylic acids is 1. The average molecular weight is 273 g/mol. The number of pyridine rings is 1. The van der Waals surface area contributed by atoms with Crippen LogP contribution in [0.4, 0.5) is 5.69 Å². The normalized spacial score (nSPS) is 10.6. The molecule has 0 aliphatic rings. The molecule has 3 aromatic rings. The van der Waals surface area contributed by atoms with Gasteiger partial charge in [-0.1, -0.05) is 11.6 Å². The smallest absolute Gasteiger partial charge is 0.257 e. The lowest BCUT2D eigenvalue weighted by molar-refractivity contribution is 0.102. The van der Waals surface area contributed by atoms with E-state index in [0.717, 1.165) is 0 Å². The highest BCUT2D eigenvalue weighted by Crippen LogP contribution is 2.14. The van der Waals surface area contributed by atoms with Gasteiger partial charge in [-0.25, -0.2) is 0 Å². The summed E-state index contributed by atoms with van der Waals surface area (Å²) in [5.41, 5.74) is 1.92. The highest BCUT2D eigenvalue weighted by molar-refractivity contribution is 6.30. The first-order valence-corrected chi connectivity index (χ1v) is 5.96. The predicted octanol–water partition coefficient (Wildman–Crippen LogP) is 2.64. The van der Waals surface area contributed by atoms with Gasteiger partial charge in [-0.05, 0) is 36.4 Å². The van der Waals surface area contributed by atoms with Crippen molar-refractivity contribution in [3.63, 3.8) is 0 Å². The molecule has 2 aromatic heterocycles. The first-order valence-electron chi connectivity index (χ1n) is 5.59. The van der Waals surface area contributed by atoms with Gasteiger partial charge in [0, 0.05) is 16.9 Å². The number of halogens is 1. The third-order valence-electron chi connectivity index (χ3n) is 2.66. The van der Waals surface area contributed by atoms with Crippen LogP contribution in [0.25, 0.3) is 5.65 Å². The monoisotopic (exact) mass is 272 g/mol. The molecule has 0 atom stereocenters. The van der Waals surface area contributed by atoms with E-state index in [1.165, 1.54) is 0 Å². The molecule has 1 amide bonds. The molecule has 0 aliphatic carbocycles. The highest BCUT2D eigenvalue weighted by atomic mass is 35.5. The van der Waals surface area contributed by atoms with Gasteiger partial charge in [0.2, 0.25) is 0 Å². The molecule has 0 bridgehead atoms. The lowest BCUT2D eigenvalue weighted by Crippen LogP contribution is -2.12. The first kappa shape index (κ1) is 11.7. The molecule has 0 fully saturated rings. The van der Waals surface area contributed by atoms with Crippen LogP contribution in [0, 0.1) is 0 Å². The fourth-order valence-electron chi connectivity index (χ4n) is 1.70. The summed E-state index contributed by atoms with van der Waals surface area (Å²) in [7, 11) is 0. The third-order valence-corrected chi connectivity index (χ3v) is 2.91. The van der Waals surface area contributed by atoms with E-state index in [0.29, 0.717) is 21.9 Å². The topological polar surface area (TPSA) is 59.3 Å². The zero-order valence-electron chi connectivity index (χ0n) is 9.75. The van der Waals surface area contributed by atoms with Crippen molar-refractivity contribution in [2.45, 2.75) is 0 Å². The van der Waals surface area contributed by atoms with Crippen LogP contribution in [-0.2, 0) is 0 Å². The van der Waals surface area contributed by atoms with Gasteiger partial charge in [-0.3, -0.25) is 9.20 Å². The van der Waals surface area contributed by atoms with Crippen molar-refractivity contribution in [1.82, 2.24) is 14.6 Å². The Hall–Kier alpha value is -2.40. The summed E-state index contributed by atoms with van der Waals surface area (Å²) >= 11 is 5.79. The van der Waals surface area contributed by atoms with E-state index < -0.39 is 0 Å². The van der Waals surface area contributed by atoms with Crippen molar-refractivity contribution in [3.8, 4) is 0 Å². The Balaban J connectivity index is 1.84. The number of benzene rings is 1. The molecule has 0 saturated heterocycles. The zero-order valence-corrected chi connectivity index (χ0v) is 10.5. The minimum atomic E-state index is -0.196. The quantitative estimate of drug-likeness (QED) is 0.780. The second kappa shape index (κ2) is 4.70. The minimum absolute atomic E-state index is 0.196. The van der Waals surface area contributed by atoms with Gasteiger partial charge in [-0.15, -0.1) is 10.2 Å². The number of hydrogen-bond donors (Lipinski definition) is 1. The molecule has 0 spiro atoms. The van der Waals surface area contributed by atoms with E-state index in [4.69, 9.17) is 11.6 Å². The second-order valence-electron chi connectivity index (χ2n) is 3.98. The highest BCUT2D eigenvalue weighted by Gasteiger charge is 2.07. The Bertz CT molecular complexity index is 736. The molecule has 2 heterocycles. The van der Waals surface area contributed by atoms with Crippen molar-refractivity contribution in [3.05, 3.63) is 59.5 Å². The molecular formula is C13H9ClN4O. The molecule has 0 saturated carbocycles. The standard InChI is InChI=1S/C13H9ClN4O/c14-10-2-4-11(5-3-10)16-13(19)9-1-6-12-17-15-8-18(12)7-9/h1-8H,(H,16,19). The van der Waals surface area contributed by atoms with Crippen molar-refractivity contribution in [2.24, 2.45) is 0 Å². The van der Waals surface area contributed by atoms with E-state index in [2.05, 4.69) is 15.5 Å². The molecule has 0 unspecified atom stereocenters. The molecule has 1 N–H and O–H groups in total. The average Bonchev–Trinajstić information content (AvgIpc) is 2.88. The number of amides is 1. The Morgan fingerprint density at radius 1 is 1.16 bits per heavy atom. The number of fused-ring (bicyclic) bond motifs is 1. The van der Waals surface area contributed by atoms with Gasteiger partial charge >= 0.3 is 0 Å². The molecule has 3 rings (SSSR count). The molecule has 19 heavy (non-hydrogen) atoms.